The van der Waals surface area contributed by atoms with Crippen LogP contribution in [0.4, 0.5) is 0 Å². The van der Waals surface area contributed by atoms with Crippen molar-refractivity contribution in [2.75, 3.05) is 26.7 Å². The number of ether oxygens (including phenoxy) is 2. The van der Waals surface area contributed by atoms with Gasteiger partial charge in [0.1, 0.15) is 16.5 Å². The molecule has 7 heteroatoms. The van der Waals surface area contributed by atoms with E-state index in [1.807, 2.05) is 30.3 Å². The average molecular weight is 502 g/mol. The van der Waals surface area contributed by atoms with Gasteiger partial charge in [-0.1, -0.05) is 54.1 Å². The molecule has 6 nitrogen and oxygen atoms in total. The van der Waals surface area contributed by atoms with Gasteiger partial charge in [-0.05, 0) is 61.5 Å². The van der Waals surface area contributed by atoms with Crippen molar-refractivity contribution in [3.8, 4) is 17.7 Å². The maximum absolute atomic E-state index is 12.8. The third-order valence-corrected chi connectivity index (χ3v) is 8.36. The van der Waals surface area contributed by atoms with Crippen molar-refractivity contribution >= 4 is 11.6 Å². The molecule has 0 bridgehead atoms. The molecule has 0 amide bonds. The number of hydrogen-bond donors (Lipinski definition) is 1. The van der Waals surface area contributed by atoms with E-state index in [0.717, 1.165) is 30.8 Å². The van der Waals surface area contributed by atoms with Crippen molar-refractivity contribution in [1.29, 1.82) is 5.26 Å². The number of benzene rings is 2. The number of aromatic nitrogens is 1. The summed E-state index contributed by atoms with van der Waals surface area (Å²) in [5.74, 6) is 0.719. The van der Waals surface area contributed by atoms with Gasteiger partial charge in [0.15, 0.2) is 5.60 Å². The van der Waals surface area contributed by atoms with E-state index in [1.165, 1.54) is 20.0 Å². The van der Waals surface area contributed by atoms with Crippen LogP contribution in [0.25, 0.3) is 0 Å². The van der Waals surface area contributed by atoms with Crippen molar-refractivity contribution in [3.05, 3.63) is 88.1 Å². The largest absolute Gasteiger partial charge is 0.481 e. The fraction of sp³-hybridized carbons (Fsp3) is 0.379. The smallest absolute Gasteiger partial charge is 0.224 e. The van der Waals surface area contributed by atoms with Gasteiger partial charge in [-0.15, -0.1) is 0 Å². The van der Waals surface area contributed by atoms with Gasteiger partial charge in [-0.3, -0.25) is 0 Å². The molecule has 4 atom stereocenters. The Morgan fingerprint density at radius 3 is 2.56 bits per heavy atom. The molecule has 2 fully saturated rings. The normalized spacial score (nSPS) is 28.8. The van der Waals surface area contributed by atoms with Crippen molar-refractivity contribution in [2.24, 2.45) is 5.92 Å². The van der Waals surface area contributed by atoms with Gasteiger partial charge in [0.05, 0.1) is 24.3 Å². The van der Waals surface area contributed by atoms with Gasteiger partial charge < -0.3 is 19.5 Å². The van der Waals surface area contributed by atoms with Gasteiger partial charge in [-0.25, -0.2) is 4.98 Å². The zero-order chi connectivity index (χ0) is 24.9. The Hall–Kier alpha value is -3.11. The maximum Gasteiger partial charge on any atom is 0.224 e. The second kappa shape index (κ2) is 8.77. The number of nitrogens with zero attached hydrogens (tertiary/aromatic N) is 3. The molecule has 0 radical (unpaired) electrons. The van der Waals surface area contributed by atoms with E-state index in [9.17, 15) is 10.4 Å². The molecule has 184 valence electrons. The van der Waals surface area contributed by atoms with E-state index in [0.29, 0.717) is 23.3 Å². The molecule has 1 aliphatic carbocycles. The Balaban J connectivity index is 1.60. The topological polar surface area (TPSA) is 78.6 Å². The molecule has 3 heterocycles. The first-order valence-corrected chi connectivity index (χ1v) is 12.8. The fourth-order valence-electron chi connectivity index (χ4n) is 6.83. The SMILES string of the molecule is COc1nc(Cl)cc2c1[C@]1(O)C[C@H](CN3CCCC3)[C@@H](c3ccccc3)[C@]1(c1ccc(C#N)cc1)O2. The molecule has 1 saturated heterocycles. The predicted molar refractivity (Wildman–Crippen MR) is 136 cm³/mol. The average Bonchev–Trinajstić information content (AvgIpc) is 3.55. The predicted octanol–water partition coefficient (Wildman–Crippen LogP) is 4.99. The van der Waals surface area contributed by atoms with Crippen LogP contribution in [0.3, 0.4) is 0 Å². The fourth-order valence-corrected chi connectivity index (χ4v) is 7.01. The van der Waals surface area contributed by atoms with E-state index in [-0.39, 0.29) is 22.9 Å². The highest BCUT2D eigenvalue weighted by molar-refractivity contribution is 6.29. The van der Waals surface area contributed by atoms with Gasteiger partial charge in [-0.2, -0.15) is 5.26 Å². The Bertz CT molecular complexity index is 1320. The summed E-state index contributed by atoms with van der Waals surface area (Å²) in [6.45, 7) is 3.00. The number of methoxy groups -OCH3 is 1. The monoisotopic (exact) mass is 501 g/mol. The number of halogens is 1. The first-order valence-electron chi connectivity index (χ1n) is 12.4. The second-order valence-corrected chi connectivity index (χ2v) is 10.5. The van der Waals surface area contributed by atoms with E-state index in [4.69, 9.17) is 21.1 Å². The molecule has 3 aromatic rings. The Morgan fingerprint density at radius 1 is 1.17 bits per heavy atom. The highest BCUT2D eigenvalue weighted by Gasteiger charge is 2.72. The highest BCUT2D eigenvalue weighted by atomic mass is 35.5. The number of likely N-dealkylation sites (tertiary alicyclic amines) is 1. The van der Waals surface area contributed by atoms with Crippen molar-refractivity contribution in [1.82, 2.24) is 9.88 Å². The molecule has 36 heavy (non-hydrogen) atoms. The molecule has 0 unspecified atom stereocenters. The lowest BCUT2D eigenvalue weighted by Gasteiger charge is -2.41. The quantitative estimate of drug-likeness (QED) is 0.496. The summed E-state index contributed by atoms with van der Waals surface area (Å²) in [5, 5.41) is 22.5. The van der Waals surface area contributed by atoms with Gasteiger partial charge >= 0.3 is 0 Å². The molecule has 6 rings (SSSR count). The Morgan fingerprint density at radius 2 is 1.89 bits per heavy atom. The second-order valence-electron chi connectivity index (χ2n) is 10.1. The van der Waals surface area contributed by atoms with E-state index >= 15 is 0 Å². The summed E-state index contributed by atoms with van der Waals surface area (Å²) in [7, 11) is 1.54. The van der Waals surface area contributed by atoms with Crippen LogP contribution < -0.4 is 9.47 Å². The van der Waals surface area contributed by atoms with Crippen LogP contribution in [0, 0.1) is 17.2 Å². The molecular weight excluding hydrogens is 474 g/mol. The van der Waals surface area contributed by atoms with Crippen LogP contribution in [-0.4, -0.2) is 41.7 Å². The summed E-state index contributed by atoms with van der Waals surface area (Å²) in [6.07, 6.45) is 2.88. The number of rotatable bonds is 5. The third kappa shape index (κ3) is 3.34. The first kappa shape index (κ1) is 23.3. The van der Waals surface area contributed by atoms with E-state index in [1.54, 1.807) is 18.2 Å². The highest BCUT2D eigenvalue weighted by Crippen LogP contribution is 2.69. The van der Waals surface area contributed by atoms with Gasteiger partial charge in [0.25, 0.3) is 0 Å². The number of fused-ring (bicyclic) bond motifs is 3. The van der Waals surface area contributed by atoms with E-state index in [2.05, 4.69) is 28.1 Å². The maximum atomic E-state index is 12.8. The van der Waals surface area contributed by atoms with Crippen LogP contribution >= 0.6 is 11.6 Å². The van der Waals surface area contributed by atoms with Crippen LogP contribution in [-0.2, 0) is 11.2 Å². The molecule has 2 aliphatic heterocycles. The molecule has 1 N–H and O–H groups in total. The standard InChI is InChI=1S/C29H28ClN3O3/c1-35-27-26-23(15-24(30)32-27)36-29(22-11-9-19(17-31)10-12-22)25(20-7-3-2-4-8-20)21(16-28(26,29)34)18-33-13-5-6-14-33/h2-4,7-12,15,21,25,34H,5-6,13-14,16,18H2,1H3/t21-,25-,28-,29+/m1/s1. The summed E-state index contributed by atoms with van der Waals surface area (Å²) in [5.41, 5.74) is 0.464. The summed E-state index contributed by atoms with van der Waals surface area (Å²) in [4.78, 5) is 6.89. The molecular formula is C29H28ClN3O3. The van der Waals surface area contributed by atoms with Crippen molar-refractivity contribution in [2.45, 2.75) is 36.4 Å². The van der Waals surface area contributed by atoms with Crippen LogP contribution in [0.1, 0.15) is 47.4 Å². The third-order valence-electron chi connectivity index (χ3n) is 8.17. The summed E-state index contributed by atoms with van der Waals surface area (Å²) < 4.78 is 12.6. The van der Waals surface area contributed by atoms with Gasteiger partial charge in [0.2, 0.25) is 5.88 Å². The Kier molecular flexibility index (Phi) is 5.68. The number of aliphatic hydroxyl groups is 1. The minimum atomic E-state index is -1.41. The van der Waals surface area contributed by atoms with Crippen molar-refractivity contribution in [3.63, 3.8) is 0 Å². The lowest BCUT2D eigenvalue weighted by Crippen LogP contribution is -2.48. The summed E-state index contributed by atoms with van der Waals surface area (Å²) in [6, 6.07) is 21.6. The molecule has 1 saturated carbocycles. The Labute approximate surface area is 216 Å². The minimum Gasteiger partial charge on any atom is -0.481 e. The van der Waals surface area contributed by atoms with Crippen LogP contribution in [0.2, 0.25) is 5.15 Å². The van der Waals surface area contributed by atoms with Crippen LogP contribution in [0.5, 0.6) is 11.6 Å². The first-order chi connectivity index (χ1) is 17.5. The van der Waals surface area contributed by atoms with Crippen LogP contribution in [0.15, 0.2) is 60.7 Å². The zero-order valence-electron chi connectivity index (χ0n) is 20.2. The van der Waals surface area contributed by atoms with Gasteiger partial charge in [0, 0.05) is 18.5 Å². The molecule has 2 aromatic carbocycles. The number of hydrogen-bond acceptors (Lipinski definition) is 6. The zero-order valence-corrected chi connectivity index (χ0v) is 20.9. The summed E-state index contributed by atoms with van der Waals surface area (Å²) >= 11 is 6.34. The lowest BCUT2D eigenvalue weighted by molar-refractivity contribution is -0.106. The lowest BCUT2D eigenvalue weighted by atomic mass is 9.71. The molecule has 1 aromatic heterocycles. The van der Waals surface area contributed by atoms with Crippen molar-refractivity contribution < 1.29 is 14.6 Å². The number of pyridine rings is 1. The molecule has 3 aliphatic rings. The molecule has 0 spiro atoms. The van der Waals surface area contributed by atoms with E-state index < -0.39 is 11.2 Å². The number of nitriles is 1. The minimum absolute atomic E-state index is 0.111.